The predicted octanol–water partition coefficient (Wildman–Crippen LogP) is 3.76. The minimum Gasteiger partial charge on any atom is -0.444 e. The molecule has 0 saturated heterocycles. The monoisotopic (exact) mass is 312 g/mol. The lowest BCUT2D eigenvalue weighted by molar-refractivity contribution is 0.0522. The maximum atomic E-state index is 11.7. The van der Waals surface area contributed by atoms with Crippen molar-refractivity contribution >= 4 is 17.4 Å². The van der Waals surface area contributed by atoms with Gasteiger partial charge in [0.15, 0.2) is 0 Å². The summed E-state index contributed by atoms with van der Waals surface area (Å²) in [5, 5.41) is 6.32. The van der Waals surface area contributed by atoms with Crippen LogP contribution in [-0.4, -0.2) is 24.3 Å². The van der Waals surface area contributed by atoms with E-state index in [0.29, 0.717) is 6.54 Å². The summed E-state index contributed by atoms with van der Waals surface area (Å²) < 4.78 is 5.24. The van der Waals surface area contributed by atoms with E-state index in [1.807, 2.05) is 32.1 Å². The number of ether oxygens (including phenoxy) is 1. The Hall–Kier alpha value is -1.07. The van der Waals surface area contributed by atoms with E-state index in [2.05, 4.69) is 37.5 Å². The smallest absolute Gasteiger partial charge is 0.407 e. The first-order valence-corrected chi connectivity index (χ1v) is 8.29. The van der Waals surface area contributed by atoms with Gasteiger partial charge in [-0.15, -0.1) is 11.3 Å². The number of nitrogens with one attached hydrogen (secondary N) is 2. The lowest BCUT2D eigenvalue weighted by Crippen LogP contribution is -2.42. The highest BCUT2D eigenvalue weighted by Gasteiger charge is 2.17. The van der Waals surface area contributed by atoms with Crippen LogP contribution in [-0.2, 0) is 11.3 Å². The third-order valence-corrected chi connectivity index (χ3v) is 4.12. The van der Waals surface area contributed by atoms with Gasteiger partial charge in [-0.05, 0) is 52.7 Å². The van der Waals surface area contributed by atoms with E-state index in [-0.39, 0.29) is 12.1 Å². The van der Waals surface area contributed by atoms with Gasteiger partial charge in [-0.3, -0.25) is 0 Å². The highest BCUT2D eigenvalue weighted by Crippen LogP contribution is 2.20. The fourth-order valence-corrected chi connectivity index (χ4v) is 2.94. The van der Waals surface area contributed by atoms with E-state index in [1.54, 1.807) is 0 Å². The molecule has 4 nitrogen and oxygen atoms in total. The second-order valence-corrected chi connectivity index (χ2v) is 7.77. The number of hydrogen-bond donors (Lipinski definition) is 2. The van der Waals surface area contributed by atoms with Crippen molar-refractivity contribution in [2.75, 3.05) is 6.54 Å². The largest absolute Gasteiger partial charge is 0.444 e. The number of aryl methyl sites for hydroxylation is 2. The summed E-state index contributed by atoms with van der Waals surface area (Å²) in [4.78, 5) is 14.3. The Bertz CT molecular complexity index is 463. The van der Waals surface area contributed by atoms with Crippen LogP contribution in [0.3, 0.4) is 0 Å². The van der Waals surface area contributed by atoms with Crippen LogP contribution in [0.4, 0.5) is 4.79 Å². The third kappa shape index (κ3) is 6.96. The topological polar surface area (TPSA) is 50.4 Å². The molecular formula is C16H28N2O2S. The number of carbonyl (C=O) groups is 1. The molecule has 0 fully saturated rings. The molecule has 1 unspecified atom stereocenters. The Morgan fingerprint density at radius 2 is 2.05 bits per heavy atom. The molecule has 0 radical (unpaired) electrons. The van der Waals surface area contributed by atoms with Gasteiger partial charge >= 0.3 is 6.09 Å². The van der Waals surface area contributed by atoms with E-state index in [1.165, 1.54) is 15.3 Å². The van der Waals surface area contributed by atoms with Gasteiger partial charge in [0.25, 0.3) is 0 Å². The van der Waals surface area contributed by atoms with Crippen LogP contribution in [0.1, 0.15) is 49.4 Å². The standard InChI is InChI=1S/C16H28N2O2S/c1-7-14(10-18-15(19)20-16(4,5)6)17-9-13-8-11(2)21-12(13)3/h8,14,17H,7,9-10H2,1-6H3,(H,18,19). The molecule has 1 rings (SSSR count). The van der Waals surface area contributed by atoms with Crippen molar-refractivity contribution in [1.29, 1.82) is 0 Å². The van der Waals surface area contributed by atoms with Gasteiger partial charge in [-0.1, -0.05) is 6.92 Å². The van der Waals surface area contributed by atoms with Gasteiger partial charge in [0, 0.05) is 28.9 Å². The molecule has 1 amide bonds. The van der Waals surface area contributed by atoms with Crippen LogP contribution in [0.15, 0.2) is 6.07 Å². The summed E-state index contributed by atoms with van der Waals surface area (Å²) in [6.45, 7) is 13.4. The molecule has 5 heteroatoms. The molecule has 1 heterocycles. The molecule has 1 atom stereocenters. The molecule has 0 aliphatic rings. The molecular weight excluding hydrogens is 284 g/mol. The van der Waals surface area contributed by atoms with E-state index < -0.39 is 5.60 Å². The molecule has 0 bridgehead atoms. The first-order valence-electron chi connectivity index (χ1n) is 7.47. The molecule has 0 aliphatic carbocycles. The van der Waals surface area contributed by atoms with Gasteiger partial charge in [-0.25, -0.2) is 4.79 Å². The van der Waals surface area contributed by atoms with Gasteiger partial charge in [-0.2, -0.15) is 0 Å². The molecule has 120 valence electrons. The normalized spacial score (nSPS) is 13.0. The zero-order chi connectivity index (χ0) is 16.0. The summed E-state index contributed by atoms with van der Waals surface area (Å²) in [5.74, 6) is 0. The van der Waals surface area contributed by atoms with Crippen molar-refractivity contribution in [3.8, 4) is 0 Å². The molecule has 1 aromatic rings. The molecule has 0 aliphatic heterocycles. The minimum absolute atomic E-state index is 0.247. The van der Waals surface area contributed by atoms with Crippen LogP contribution in [0.25, 0.3) is 0 Å². The van der Waals surface area contributed by atoms with Crippen molar-refractivity contribution in [3.63, 3.8) is 0 Å². The van der Waals surface area contributed by atoms with Crippen molar-refractivity contribution in [2.24, 2.45) is 0 Å². The minimum atomic E-state index is -0.454. The number of carbonyl (C=O) groups excluding carboxylic acids is 1. The average molecular weight is 312 g/mol. The molecule has 21 heavy (non-hydrogen) atoms. The fourth-order valence-electron chi connectivity index (χ4n) is 1.99. The van der Waals surface area contributed by atoms with Crippen LogP contribution >= 0.6 is 11.3 Å². The van der Waals surface area contributed by atoms with Crippen molar-refractivity contribution in [2.45, 2.75) is 66.2 Å². The summed E-state index contributed by atoms with van der Waals surface area (Å²) in [5.41, 5.74) is 0.887. The Morgan fingerprint density at radius 3 is 2.52 bits per heavy atom. The maximum Gasteiger partial charge on any atom is 0.407 e. The van der Waals surface area contributed by atoms with Crippen LogP contribution in [0.2, 0.25) is 0 Å². The summed E-state index contributed by atoms with van der Waals surface area (Å²) in [6.07, 6.45) is 0.600. The van der Waals surface area contributed by atoms with Crippen LogP contribution in [0, 0.1) is 13.8 Å². The zero-order valence-corrected chi connectivity index (χ0v) is 14.8. The number of hydrogen-bond acceptors (Lipinski definition) is 4. The quantitative estimate of drug-likeness (QED) is 0.841. The van der Waals surface area contributed by atoms with E-state index >= 15 is 0 Å². The number of alkyl carbamates (subject to hydrolysis) is 1. The summed E-state index contributed by atoms with van der Waals surface area (Å²) in [7, 11) is 0. The van der Waals surface area contributed by atoms with Crippen molar-refractivity contribution in [1.82, 2.24) is 10.6 Å². The van der Waals surface area contributed by atoms with Gasteiger partial charge < -0.3 is 15.4 Å². The van der Waals surface area contributed by atoms with Gasteiger partial charge in [0.05, 0.1) is 0 Å². The number of rotatable bonds is 6. The Balaban J connectivity index is 2.38. The molecule has 0 spiro atoms. The van der Waals surface area contributed by atoms with Crippen molar-refractivity contribution in [3.05, 3.63) is 21.4 Å². The number of amides is 1. The third-order valence-electron chi connectivity index (χ3n) is 3.11. The lowest BCUT2D eigenvalue weighted by atomic mass is 10.2. The first kappa shape index (κ1) is 18.0. The second kappa shape index (κ2) is 7.80. The Kier molecular flexibility index (Phi) is 6.68. The van der Waals surface area contributed by atoms with Gasteiger partial charge in [0.2, 0.25) is 0 Å². The molecule has 0 saturated carbocycles. The van der Waals surface area contributed by atoms with Gasteiger partial charge in [0.1, 0.15) is 5.60 Å². The molecule has 0 aromatic carbocycles. The zero-order valence-electron chi connectivity index (χ0n) is 14.0. The van der Waals surface area contributed by atoms with Crippen LogP contribution < -0.4 is 10.6 Å². The Labute approximate surface area is 132 Å². The fraction of sp³-hybridized carbons (Fsp3) is 0.688. The highest BCUT2D eigenvalue weighted by molar-refractivity contribution is 7.12. The lowest BCUT2D eigenvalue weighted by Gasteiger charge is -2.22. The summed E-state index contributed by atoms with van der Waals surface area (Å²) >= 11 is 1.82. The molecule has 1 aromatic heterocycles. The second-order valence-electron chi connectivity index (χ2n) is 6.31. The average Bonchev–Trinajstić information content (AvgIpc) is 2.66. The molecule has 2 N–H and O–H groups in total. The maximum absolute atomic E-state index is 11.7. The SMILES string of the molecule is CCC(CNC(=O)OC(C)(C)C)NCc1cc(C)sc1C. The van der Waals surface area contributed by atoms with E-state index in [0.717, 1.165) is 13.0 Å². The van der Waals surface area contributed by atoms with E-state index in [4.69, 9.17) is 4.74 Å². The predicted molar refractivity (Wildman–Crippen MR) is 88.9 cm³/mol. The van der Waals surface area contributed by atoms with E-state index in [9.17, 15) is 4.79 Å². The summed E-state index contributed by atoms with van der Waals surface area (Å²) in [6, 6.07) is 2.47. The van der Waals surface area contributed by atoms with Crippen LogP contribution in [0.5, 0.6) is 0 Å². The highest BCUT2D eigenvalue weighted by atomic mass is 32.1. The first-order chi connectivity index (χ1) is 9.71. The Morgan fingerprint density at radius 1 is 1.38 bits per heavy atom. The number of thiophene rings is 1. The van der Waals surface area contributed by atoms with Crippen molar-refractivity contribution < 1.29 is 9.53 Å².